The summed E-state index contributed by atoms with van der Waals surface area (Å²) >= 11 is 1.71. The van der Waals surface area contributed by atoms with Crippen LogP contribution in [0.5, 0.6) is 0 Å². The second-order valence-electron chi connectivity index (χ2n) is 5.17. The predicted molar refractivity (Wildman–Crippen MR) is 81.2 cm³/mol. The van der Waals surface area contributed by atoms with Crippen LogP contribution in [0.1, 0.15) is 11.7 Å². The lowest BCUT2D eigenvalue weighted by atomic mass is 10.1. The van der Waals surface area contributed by atoms with Gasteiger partial charge in [-0.05, 0) is 24.0 Å². The second-order valence-corrected chi connectivity index (χ2v) is 6.05. The molecule has 1 aromatic rings. The summed E-state index contributed by atoms with van der Waals surface area (Å²) in [5, 5.41) is 3.27. The fourth-order valence-electron chi connectivity index (χ4n) is 2.69. The number of thioether (sulfide) groups is 1. The minimum absolute atomic E-state index is 0.0319. The molecule has 2 atom stereocenters. The topological polar surface area (TPSA) is 50.8 Å². The average Bonchev–Trinajstić information content (AvgIpc) is 2.90. The molecule has 0 aliphatic carbocycles. The normalized spacial score (nSPS) is 26.3. The third kappa shape index (κ3) is 3.40. The number of ether oxygens (including phenoxy) is 2. The van der Waals surface area contributed by atoms with Gasteiger partial charge < -0.3 is 14.4 Å². The quantitative estimate of drug-likeness (QED) is 0.849. The summed E-state index contributed by atoms with van der Waals surface area (Å²) in [6.07, 6.45) is 1.95. The number of amides is 1. The summed E-state index contributed by atoms with van der Waals surface area (Å²) < 4.78 is 11.1. The first kappa shape index (κ1) is 14.8. The first-order valence-corrected chi connectivity index (χ1v) is 8.36. The molecule has 3 rings (SSSR count). The highest BCUT2D eigenvalue weighted by Gasteiger charge is 2.33. The van der Waals surface area contributed by atoms with Crippen LogP contribution in [0.15, 0.2) is 29.2 Å². The van der Waals surface area contributed by atoms with E-state index in [0.29, 0.717) is 32.9 Å². The predicted octanol–water partition coefficient (Wildman–Crippen LogP) is 1.25. The number of benzene rings is 1. The van der Waals surface area contributed by atoms with Crippen molar-refractivity contribution in [2.24, 2.45) is 0 Å². The van der Waals surface area contributed by atoms with Crippen LogP contribution in [0.3, 0.4) is 0 Å². The second kappa shape index (κ2) is 6.79. The maximum Gasteiger partial charge on any atom is 0.238 e. The lowest BCUT2D eigenvalue weighted by Crippen LogP contribution is -2.42. The Balaban J connectivity index is 1.71. The molecule has 2 fully saturated rings. The van der Waals surface area contributed by atoms with Crippen LogP contribution in [-0.2, 0) is 14.3 Å². The Kier molecular flexibility index (Phi) is 4.80. The summed E-state index contributed by atoms with van der Waals surface area (Å²) in [4.78, 5) is 15.2. The van der Waals surface area contributed by atoms with E-state index >= 15 is 0 Å². The maximum absolute atomic E-state index is 12.1. The molecule has 2 aliphatic heterocycles. The van der Waals surface area contributed by atoms with Crippen molar-refractivity contribution in [1.82, 2.24) is 10.2 Å². The van der Waals surface area contributed by atoms with Crippen molar-refractivity contribution >= 4 is 17.7 Å². The lowest BCUT2D eigenvalue weighted by Gasteiger charge is -2.31. The molecular weight excluding hydrogens is 288 g/mol. The van der Waals surface area contributed by atoms with Crippen molar-refractivity contribution in [3.05, 3.63) is 29.8 Å². The molecule has 5 nitrogen and oxygen atoms in total. The zero-order valence-corrected chi connectivity index (χ0v) is 12.9. The highest BCUT2D eigenvalue weighted by atomic mass is 32.2. The first-order chi connectivity index (χ1) is 10.3. The molecule has 6 heteroatoms. The van der Waals surface area contributed by atoms with Crippen LogP contribution in [0.25, 0.3) is 0 Å². The molecule has 2 aliphatic rings. The molecule has 1 N–H and O–H groups in total. The molecule has 114 valence electrons. The summed E-state index contributed by atoms with van der Waals surface area (Å²) in [5.41, 5.74) is 1.11. The molecule has 1 aromatic carbocycles. The van der Waals surface area contributed by atoms with Crippen molar-refractivity contribution < 1.29 is 14.3 Å². The summed E-state index contributed by atoms with van der Waals surface area (Å²) in [6.45, 7) is 2.75. The lowest BCUT2D eigenvalue weighted by molar-refractivity contribution is -0.135. The zero-order chi connectivity index (χ0) is 14.7. The average molecular weight is 308 g/mol. The van der Waals surface area contributed by atoms with Crippen molar-refractivity contribution in [3.63, 3.8) is 0 Å². The molecule has 2 unspecified atom stereocenters. The largest absolute Gasteiger partial charge is 0.376 e. The molecule has 2 heterocycles. The van der Waals surface area contributed by atoms with Crippen LogP contribution >= 0.6 is 11.8 Å². The third-order valence-corrected chi connectivity index (χ3v) is 4.54. The van der Waals surface area contributed by atoms with Gasteiger partial charge in [0.25, 0.3) is 0 Å². The molecule has 0 aromatic heterocycles. The molecule has 0 bridgehead atoms. The van der Waals surface area contributed by atoms with E-state index in [0.717, 1.165) is 5.56 Å². The van der Waals surface area contributed by atoms with E-state index in [-0.39, 0.29) is 18.2 Å². The van der Waals surface area contributed by atoms with Gasteiger partial charge in [-0.2, -0.15) is 0 Å². The Hall–Kier alpha value is -1.08. The van der Waals surface area contributed by atoms with Crippen LogP contribution < -0.4 is 5.32 Å². The Labute approximate surface area is 129 Å². The van der Waals surface area contributed by atoms with E-state index in [2.05, 4.69) is 35.8 Å². The molecule has 21 heavy (non-hydrogen) atoms. The first-order valence-electron chi connectivity index (χ1n) is 7.14. The van der Waals surface area contributed by atoms with Gasteiger partial charge in [0, 0.05) is 4.90 Å². The van der Waals surface area contributed by atoms with Crippen molar-refractivity contribution in [2.75, 3.05) is 39.2 Å². The molecule has 0 radical (unpaired) electrons. The van der Waals surface area contributed by atoms with Crippen LogP contribution in [-0.4, -0.2) is 56.1 Å². The SMILES string of the molecule is CSc1ccc(C2NCC(=O)N2CC2COCCO2)cc1. The Bertz CT molecular complexity index is 488. The number of carbonyl (C=O) groups is 1. The molecule has 1 amide bonds. The molecular formula is C15H20N2O3S. The fourth-order valence-corrected chi connectivity index (χ4v) is 3.10. The van der Waals surface area contributed by atoms with E-state index in [1.165, 1.54) is 4.90 Å². The Morgan fingerprint density at radius 1 is 1.33 bits per heavy atom. The summed E-state index contributed by atoms with van der Waals surface area (Å²) in [7, 11) is 0. The van der Waals surface area contributed by atoms with E-state index in [1.807, 2.05) is 4.90 Å². The van der Waals surface area contributed by atoms with Gasteiger partial charge in [-0.25, -0.2) is 0 Å². The standard InChI is InChI=1S/C15H20N2O3S/c1-21-13-4-2-11(3-5-13)15-16-8-14(18)17(15)9-12-10-19-6-7-20-12/h2-5,12,15-16H,6-10H2,1H3. The van der Waals surface area contributed by atoms with Gasteiger partial charge in [0.1, 0.15) is 6.17 Å². The number of hydrogen-bond donors (Lipinski definition) is 1. The van der Waals surface area contributed by atoms with E-state index < -0.39 is 0 Å². The summed E-state index contributed by atoms with van der Waals surface area (Å²) in [5.74, 6) is 0.114. The Morgan fingerprint density at radius 2 is 2.14 bits per heavy atom. The van der Waals surface area contributed by atoms with Gasteiger partial charge in [-0.1, -0.05) is 12.1 Å². The highest BCUT2D eigenvalue weighted by molar-refractivity contribution is 7.98. The number of carbonyl (C=O) groups excluding carboxylic acids is 1. The van der Waals surface area contributed by atoms with Crippen LogP contribution in [0, 0.1) is 0 Å². The Morgan fingerprint density at radius 3 is 2.81 bits per heavy atom. The van der Waals surface area contributed by atoms with Gasteiger partial charge in [0.15, 0.2) is 0 Å². The minimum atomic E-state index is -0.0704. The smallest absolute Gasteiger partial charge is 0.238 e. The van der Waals surface area contributed by atoms with Gasteiger partial charge >= 0.3 is 0 Å². The van der Waals surface area contributed by atoms with Crippen molar-refractivity contribution in [1.29, 1.82) is 0 Å². The fraction of sp³-hybridized carbons (Fsp3) is 0.533. The maximum atomic E-state index is 12.1. The van der Waals surface area contributed by atoms with E-state index in [1.54, 1.807) is 11.8 Å². The number of hydrogen-bond acceptors (Lipinski definition) is 5. The van der Waals surface area contributed by atoms with Gasteiger partial charge in [-0.3, -0.25) is 10.1 Å². The summed E-state index contributed by atoms with van der Waals surface area (Å²) in [6, 6.07) is 8.33. The van der Waals surface area contributed by atoms with Crippen LogP contribution in [0.4, 0.5) is 0 Å². The minimum Gasteiger partial charge on any atom is -0.376 e. The van der Waals surface area contributed by atoms with E-state index in [9.17, 15) is 4.79 Å². The zero-order valence-electron chi connectivity index (χ0n) is 12.1. The molecule has 2 saturated heterocycles. The number of rotatable bonds is 4. The monoisotopic (exact) mass is 308 g/mol. The van der Waals surface area contributed by atoms with Gasteiger partial charge in [-0.15, -0.1) is 11.8 Å². The molecule has 0 saturated carbocycles. The number of nitrogens with one attached hydrogen (secondary N) is 1. The van der Waals surface area contributed by atoms with E-state index in [4.69, 9.17) is 9.47 Å². The highest BCUT2D eigenvalue weighted by Crippen LogP contribution is 2.25. The molecule has 0 spiro atoms. The number of nitrogens with zero attached hydrogens (tertiary/aromatic N) is 1. The van der Waals surface area contributed by atoms with Crippen molar-refractivity contribution in [2.45, 2.75) is 17.2 Å². The van der Waals surface area contributed by atoms with Crippen LogP contribution in [0.2, 0.25) is 0 Å². The van der Waals surface area contributed by atoms with Gasteiger partial charge in [0.05, 0.1) is 39.0 Å². The van der Waals surface area contributed by atoms with Gasteiger partial charge in [0.2, 0.25) is 5.91 Å². The third-order valence-electron chi connectivity index (χ3n) is 3.80. The van der Waals surface area contributed by atoms with Crippen molar-refractivity contribution in [3.8, 4) is 0 Å².